The molecule has 0 heterocycles. The van der Waals surface area contributed by atoms with Crippen molar-refractivity contribution in [2.45, 2.75) is 84.3 Å². The van der Waals surface area contributed by atoms with E-state index in [0.29, 0.717) is 45.3 Å². The van der Waals surface area contributed by atoms with Gasteiger partial charge in [0, 0.05) is 19.6 Å². The zero-order valence-corrected chi connectivity index (χ0v) is 23.1. The van der Waals surface area contributed by atoms with Gasteiger partial charge < -0.3 is 25.5 Å². The maximum Gasteiger partial charge on any atom is 0.325 e. The van der Waals surface area contributed by atoms with Crippen LogP contribution in [0.3, 0.4) is 0 Å². The molecule has 0 bridgehead atoms. The summed E-state index contributed by atoms with van der Waals surface area (Å²) < 4.78 is 33.4. The number of aliphatic hydroxyl groups excluding tert-OH is 3. The molecule has 0 aliphatic carbocycles. The lowest BCUT2D eigenvalue weighted by Crippen LogP contribution is -2.58. The van der Waals surface area contributed by atoms with Gasteiger partial charge in [-0.3, -0.25) is 19.0 Å². The van der Waals surface area contributed by atoms with E-state index < -0.39 is 44.6 Å². The van der Waals surface area contributed by atoms with Crippen molar-refractivity contribution in [1.29, 1.82) is 0 Å². The molecule has 216 valence electrons. The van der Waals surface area contributed by atoms with Crippen LogP contribution in [0, 0.1) is 17.3 Å². The van der Waals surface area contributed by atoms with E-state index >= 15 is 0 Å². The largest absolute Gasteiger partial charge is 0.481 e. The van der Waals surface area contributed by atoms with Crippen LogP contribution in [-0.4, -0.2) is 100 Å². The van der Waals surface area contributed by atoms with Crippen LogP contribution in [0.4, 0.5) is 0 Å². The third-order valence-electron chi connectivity index (χ3n) is 6.69. The quantitative estimate of drug-likeness (QED) is 0.0972. The number of carboxylic acids is 2. The number of hydrogen-bond acceptors (Lipinski definition) is 8. The van der Waals surface area contributed by atoms with Crippen molar-refractivity contribution in [3.8, 4) is 0 Å². The highest BCUT2D eigenvalue weighted by atomic mass is 32.2. The van der Waals surface area contributed by atoms with Crippen molar-refractivity contribution in [1.82, 2.24) is 4.90 Å². The molecule has 0 aliphatic rings. The van der Waals surface area contributed by atoms with Crippen LogP contribution in [0.1, 0.15) is 79.1 Å². The standard InChI is InChI=1S/C18H34O7S.C6H15NO3/c1-5-7-9-11-13(3)18(17(21)22,14(4)12-10-8-6-2)15(16(19)20)26(23,24)25;8-4-1-7(2-5-9)3-6-10/h13-15H,5-12H2,1-4H3,(H,19,20)(H,21,22)(H,23,24,25);8-10H,1-6H2. The Morgan fingerprint density at radius 1 is 0.778 bits per heavy atom. The summed E-state index contributed by atoms with van der Waals surface area (Å²) in [7, 11) is -5.10. The predicted molar refractivity (Wildman–Crippen MR) is 137 cm³/mol. The van der Waals surface area contributed by atoms with Gasteiger partial charge in [-0.2, -0.15) is 8.42 Å². The number of aliphatic hydroxyl groups is 3. The first-order chi connectivity index (χ1) is 16.8. The van der Waals surface area contributed by atoms with Gasteiger partial charge in [-0.15, -0.1) is 0 Å². The topological polar surface area (TPSA) is 193 Å². The minimum Gasteiger partial charge on any atom is -0.481 e. The van der Waals surface area contributed by atoms with E-state index in [1.54, 1.807) is 18.7 Å². The van der Waals surface area contributed by atoms with E-state index in [2.05, 4.69) is 0 Å². The van der Waals surface area contributed by atoms with Gasteiger partial charge in [-0.05, 0) is 24.7 Å². The molecule has 0 aromatic heterocycles. The average molecular weight is 544 g/mol. The molecule has 3 atom stereocenters. The van der Waals surface area contributed by atoms with Crippen LogP contribution in [0.25, 0.3) is 0 Å². The first-order valence-corrected chi connectivity index (χ1v) is 14.3. The second-order valence-corrected chi connectivity index (χ2v) is 10.8. The minimum absolute atomic E-state index is 0.0694. The summed E-state index contributed by atoms with van der Waals surface area (Å²) in [4.78, 5) is 25.9. The van der Waals surface area contributed by atoms with E-state index in [-0.39, 0.29) is 19.8 Å². The highest BCUT2D eigenvalue weighted by Crippen LogP contribution is 2.47. The van der Waals surface area contributed by atoms with E-state index in [9.17, 15) is 32.8 Å². The molecular weight excluding hydrogens is 494 g/mol. The molecule has 0 aromatic rings. The van der Waals surface area contributed by atoms with Crippen LogP contribution >= 0.6 is 0 Å². The first kappa shape index (κ1) is 36.8. The van der Waals surface area contributed by atoms with Crippen molar-refractivity contribution in [2.75, 3.05) is 39.5 Å². The zero-order chi connectivity index (χ0) is 28.4. The summed E-state index contributed by atoms with van der Waals surface area (Å²) in [6, 6.07) is 0. The monoisotopic (exact) mass is 543 g/mol. The molecule has 0 rings (SSSR count). The SMILES string of the molecule is CCCCCC(C)C(C(=O)O)(C(C)CCCCC)C(C(=O)O)S(=O)(=O)O.OCCN(CCO)CCO. The third-order valence-corrected chi connectivity index (χ3v) is 7.87. The summed E-state index contributed by atoms with van der Waals surface area (Å²) >= 11 is 0. The molecule has 0 radical (unpaired) electrons. The maximum absolute atomic E-state index is 12.3. The Balaban J connectivity index is 0. The van der Waals surface area contributed by atoms with E-state index in [1.165, 1.54) is 0 Å². The third kappa shape index (κ3) is 12.3. The molecule has 0 saturated carbocycles. The van der Waals surface area contributed by atoms with Crippen molar-refractivity contribution < 1.29 is 48.1 Å². The molecule has 0 spiro atoms. The van der Waals surface area contributed by atoms with Crippen LogP contribution in [0.15, 0.2) is 0 Å². The second-order valence-electron chi connectivity index (χ2n) is 9.28. The molecule has 0 amide bonds. The van der Waals surface area contributed by atoms with Crippen LogP contribution < -0.4 is 0 Å². The summed E-state index contributed by atoms with van der Waals surface area (Å²) in [5.41, 5.74) is -2.08. The molecule has 0 saturated heterocycles. The van der Waals surface area contributed by atoms with Gasteiger partial charge in [0.1, 0.15) is 5.41 Å². The number of unbranched alkanes of at least 4 members (excludes halogenated alkanes) is 4. The number of aliphatic carboxylic acids is 2. The van der Waals surface area contributed by atoms with Crippen molar-refractivity contribution >= 4 is 22.1 Å². The Hall–Kier alpha value is -1.31. The lowest BCUT2D eigenvalue weighted by Gasteiger charge is -2.43. The van der Waals surface area contributed by atoms with E-state index in [0.717, 1.165) is 25.7 Å². The molecular formula is C24H49NO10S. The Kier molecular flexibility index (Phi) is 20.2. The summed E-state index contributed by atoms with van der Waals surface area (Å²) in [5, 5.41) is 42.6. The van der Waals surface area contributed by atoms with Crippen LogP contribution in [-0.2, 0) is 19.7 Å². The van der Waals surface area contributed by atoms with Gasteiger partial charge in [0.25, 0.3) is 10.1 Å². The molecule has 36 heavy (non-hydrogen) atoms. The Bertz CT molecular complexity index is 671. The van der Waals surface area contributed by atoms with Gasteiger partial charge in [-0.1, -0.05) is 66.2 Å². The number of carboxylic acid groups (broad SMARTS) is 2. The van der Waals surface area contributed by atoms with Crippen molar-refractivity contribution in [3.63, 3.8) is 0 Å². The molecule has 11 nitrogen and oxygen atoms in total. The van der Waals surface area contributed by atoms with Crippen LogP contribution in [0.2, 0.25) is 0 Å². The van der Waals surface area contributed by atoms with Gasteiger partial charge >= 0.3 is 11.9 Å². The highest BCUT2D eigenvalue weighted by molar-refractivity contribution is 7.87. The normalized spacial score (nSPS) is 15.9. The highest BCUT2D eigenvalue weighted by Gasteiger charge is 2.61. The second kappa shape index (κ2) is 19.8. The lowest BCUT2D eigenvalue weighted by atomic mass is 9.62. The molecule has 0 aromatic carbocycles. The average Bonchev–Trinajstić information content (AvgIpc) is 2.77. The molecule has 3 unspecified atom stereocenters. The summed E-state index contributed by atoms with van der Waals surface area (Å²) in [5.74, 6) is -4.73. The molecule has 12 heteroatoms. The number of hydrogen-bond donors (Lipinski definition) is 6. The fraction of sp³-hybridized carbons (Fsp3) is 0.917. The lowest BCUT2D eigenvalue weighted by molar-refractivity contribution is -0.164. The van der Waals surface area contributed by atoms with Crippen molar-refractivity contribution in [3.05, 3.63) is 0 Å². The van der Waals surface area contributed by atoms with Gasteiger partial charge in [-0.25, -0.2) is 0 Å². The Morgan fingerprint density at radius 2 is 1.14 bits per heavy atom. The predicted octanol–water partition coefficient (Wildman–Crippen LogP) is 2.10. The van der Waals surface area contributed by atoms with Gasteiger partial charge in [0.15, 0.2) is 5.25 Å². The molecule has 6 N–H and O–H groups in total. The van der Waals surface area contributed by atoms with Crippen molar-refractivity contribution in [2.24, 2.45) is 17.3 Å². The van der Waals surface area contributed by atoms with Gasteiger partial charge in [0.05, 0.1) is 19.8 Å². The number of carbonyl (C=O) groups is 2. The molecule has 0 fully saturated rings. The molecule has 0 aliphatic heterocycles. The minimum atomic E-state index is -5.10. The van der Waals surface area contributed by atoms with Gasteiger partial charge in [0.2, 0.25) is 0 Å². The summed E-state index contributed by atoms with van der Waals surface area (Å²) in [6.07, 6.45) is 5.61. The smallest absolute Gasteiger partial charge is 0.325 e. The number of rotatable bonds is 20. The fourth-order valence-electron chi connectivity index (χ4n) is 4.75. The Labute approximate surface area is 216 Å². The fourth-order valence-corrected chi connectivity index (χ4v) is 6.07. The van der Waals surface area contributed by atoms with Crippen LogP contribution in [0.5, 0.6) is 0 Å². The Morgan fingerprint density at radius 3 is 1.36 bits per heavy atom. The zero-order valence-electron chi connectivity index (χ0n) is 22.3. The van der Waals surface area contributed by atoms with E-state index in [4.69, 9.17) is 15.3 Å². The first-order valence-electron chi connectivity index (χ1n) is 12.8. The number of nitrogens with zero attached hydrogens (tertiary/aromatic N) is 1. The summed E-state index contributed by atoms with van der Waals surface area (Å²) in [6.45, 7) is 8.90. The maximum atomic E-state index is 12.3. The van der Waals surface area contributed by atoms with E-state index in [1.807, 2.05) is 13.8 Å².